The van der Waals surface area contributed by atoms with E-state index in [1.165, 1.54) is 16.2 Å². The van der Waals surface area contributed by atoms with Crippen molar-refractivity contribution in [2.75, 3.05) is 11.4 Å². The van der Waals surface area contributed by atoms with Gasteiger partial charge in [-0.2, -0.15) is 10.4 Å². The third-order valence-corrected chi connectivity index (χ3v) is 6.25. The van der Waals surface area contributed by atoms with Crippen LogP contribution in [-0.4, -0.2) is 34.8 Å². The van der Waals surface area contributed by atoms with Crippen LogP contribution in [0.15, 0.2) is 47.6 Å². The highest BCUT2D eigenvalue weighted by atomic mass is 32.1. The summed E-state index contributed by atoms with van der Waals surface area (Å²) in [7, 11) is 0. The molecule has 1 aromatic heterocycles. The van der Waals surface area contributed by atoms with Gasteiger partial charge in [-0.1, -0.05) is 24.3 Å². The number of anilines is 1. The summed E-state index contributed by atoms with van der Waals surface area (Å²) >= 11 is 1.31. The van der Waals surface area contributed by atoms with Gasteiger partial charge in [0.15, 0.2) is 0 Å². The van der Waals surface area contributed by atoms with Gasteiger partial charge < -0.3 is 0 Å². The number of hydrazone groups is 1. The number of carbonyl (C=O) groups excluding carboxylic acids is 3. The maximum atomic E-state index is 13.3. The molecular formula is C23H19N5O3S. The number of nitrogens with one attached hydrogen (secondary N) is 1. The van der Waals surface area contributed by atoms with Crippen LogP contribution >= 0.6 is 11.3 Å². The molecule has 4 rings (SSSR count). The van der Waals surface area contributed by atoms with Crippen LogP contribution in [0.1, 0.15) is 28.5 Å². The molecule has 0 aliphatic carbocycles. The van der Waals surface area contributed by atoms with Gasteiger partial charge in [-0.05, 0) is 43.2 Å². The molecule has 2 heterocycles. The average Bonchev–Trinajstić information content (AvgIpc) is 3.20. The van der Waals surface area contributed by atoms with Gasteiger partial charge in [0.25, 0.3) is 11.8 Å². The number of piperidine rings is 1. The number of thiazole rings is 1. The van der Waals surface area contributed by atoms with Crippen molar-refractivity contribution in [3.8, 4) is 6.07 Å². The van der Waals surface area contributed by atoms with E-state index in [2.05, 4.69) is 15.5 Å². The topological polar surface area (TPSA) is 116 Å². The molecule has 3 aromatic rings. The predicted molar refractivity (Wildman–Crippen MR) is 121 cm³/mol. The van der Waals surface area contributed by atoms with E-state index >= 15 is 0 Å². The molecule has 8 nitrogen and oxygen atoms in total. The summed E-state index contributed by atoms with van der Waals surface area (Å²) in [6.45, 7) is 3.78. The van der Waals surface area contributed by atoms with Gasteiger partial charge in [-0.15, -0.1) is 11.3 Å². The average molecular weight is 446 g/mol. The molecule has 2 amide bonds. The number of hydrogen-bond acceptors (Lipinski definition) is 7. The van der Waals surface area contributed by atoms with Gasteiger partial charge in [-0.3, -0.25) is 19.3 Å². The number of Topliss-reactive ketones (excluding diaryl/α,β-unsaturated/α-hetero) is 1. The van der Waals surface area contributed by atoms with Crippen LogP contribution < -0.4 is 10.3 Å². The maximum Gasteiger partial charge on any atom is 0.295 e. The molecule has 0 bridgehead atoms. The second kappa shape index (κ2) is 8.69. The summed E-state index contributed by atoms with van der Waals surface area (Å²) in [4.78, 5) is 44.2. The Morgan fingerprint density at radius 1 is 1.28 bits per heavy atom. The molecular weight excluding hydrogens is 426 g/mol. The van der Waals surface area contributed by atoms with Crippen molar-refractivity contribution >= 4 is 50.6 Å². The van der Waals surface area contributed by atoms with Crippen molar-refractivity contribution in [2.45, 2.75) is 26.2 Å². The number of aryl methyl sites for hydroxylation is 2. The Balaban J connectivity index is 1.78. The first-order valence-electron chi connectivity index (χ1n) is 9.89. The van der Waals surface area contributed by atoms with E-state index in [-0.39, 0.29) is 13.0 Å². The first kappa shape index (κ1) is 21.3. The van der Waals surface area contributed by atoms with Crippen LogP contribution in [0, 0.1) is 25.2 Å². The van der Waals surface area contributed by atoms with Crippen molar-refractivity contribution in [1.82, 2.24) is 10.4 Å². The lowest BCUT2D eigenvalue weighted by molar-refractivity contribution is -0.136. The molecule has 1 aliphatic heterocycles. The SMILES string of the molecule is Cc1ccc(C)c(N2CC(=NNC(=O)CC#N)C(c3nc4ccccc4s3)C(=O)C2=O)c1. The van der Waals surface area contributed by atoms with Crippen molar-refractivity contribution in [3.05, 3.63) is 58.6 Å². The highest BCUT2D eigenvalue weighted by Gasteiger charge is 2.43. The van der Waals surface area contributed by atoms with Gasteiger partial charge in [0.2, 0.25) is 5.78 Å². The highest BCUT2D eigenvalue weighted by Crippen LogP contribution is 2.34. The maximum absolute atomic E-state index is 13.3. The second-order valence-electron chi connectivity index (χ2n) is 7.47. The molecule has 0 radical (unpaired) electrons. The summed E-state index contributed by atoms with van der Waals surface area (Å²) in [6.07, 6.45) is -0.365. The molecule has 32 heavy (non-hydrogen) atoms. The zero-order valence-electron chi connectivity index (χ0n) is 17.5. The van der Waals surface area contributed by atoms with Crippen molar-refractivity contribution < 1.29 is 14.4 Å². The molecule has 2 aromatic carbocycles. The summed E-state index contributed by atoms with van der Waals surface area (Å²) in [5, 5.41) is 13.3. The Morgan fingerprint density at radius 3 is 2.81 bits per heavy atom. The lowest BCUT2D eigenvalue weighted by atomic mass is 9.92. The number of para-hydroxylation sites is 1. The van der Waals surface area contributed by atoms with Crippen LogP contribution in [0.3, 0.4) is 0 Å². The van der Waals surface area contributed by atoms with Crippen molar-refractivity contribution in [3.63, 3.8) is 0 Å². The second-order valence-corrected chi connectivity index (χ2v) is 8.53. The first-order chi connectivity index (χ1) is 15.4. The molecule has 9 heteroatoms. The lowest BCUT2D eigenvalue weighted by Crippen LogP contribution is -2.51. The summed E-state index contributed by atoms with van der Waals surface area (Å²) in [6, 6.07) is 14.8. The number of aromatic nitrogens is 1. The molecule has 1 N–H and O–H groups in total. The first-order valence-corrected chi connectivity index (χ1v) is 10.7. The minimum Gasteiger partial charge on any atom is -0.300 e. The Hall–Kier alpha value is -3.90. The number of carbonyl (C=O) groups is 3. The molecule has 1 unspecified atom stereocenters. The Labute approximate surface area is 188 Å². The van der Waals surface area contributed by atoms with Gasteiger partial charge in [0, 0.05) is 5.69 Å². The number of nitrogens with zero attached hydrogens (tertiary/aromatic N) is 4. The monoisotopic (exact) mass is 445 g/mol. The highest BCUT2D eigenvalue weighted by molar-refractivity contribution is 7.19. The quantitative estimate of drug-likeness (QED) is 0.490. The van der Waals surface area contributed by atoms with Gasteiger partial charge in [0.05, 0.1) is 28.5 Å². The number of rotatable bonds is 4. The normalized spacial score (nSPS) is 17.6. The largest absolute Gasteiger partial charge is 0.300 e. The van der Waals surface area contributed by atoms with Gasteiger partial charge >= 0.3 is 0 Å². The standard InChI is InChI=1S/C23H19N5O3S/c1-13-7-8-14(2)17(11-13)28-12-16(26-27-19(29)9-10-24)20(21(30)23(28)31)22-25-15-5-3-4-6-18(15)32-22/h3-8,11,20H,9,12H2,1-2H3,(H,27,29). The van der Waals surface area contributed by atoms with Gasteiger partial charge in [-0.25, -0.2) is 10.4 Å². The van der Waals surface area contributed by atoms with Crippen molar-refractivity contribution in [2.24, 2.45) is 5.10 Å². The van der Waals surface area contributed by atoms with E-state index < -0.39 is 23.5 Å². The molecule has 0 spiro atoms. The van der Waals surface area contributed by atoms with E-state index in [1.807, 2.05) is 56.3 Å². The number of benzene rings is 2. The number of hydrogen-bond donors (Lipinski definition) is 1. The lowest BCUT2D eigenvalue weighted by Gasteiger charge is -2.32. The van der Waals surface area contributed by atoms with E-state index in [0.717, 1.165) is 21.3 Å². The van der Waals surface area contributed by atoms with Crippen LogP contribution in [0.25, 0.3) is 10.2 Å². The predicted octanol–water partition coefficient (Wildman–Crippen LogP) is 3.00. The van der Waals surface area contributed by atoms with Crippen LogP contribution in [0.4, 0.5) is 5.69 Å². The zero-order chi connectivity index (χ0) is 22.8. The molecule has 1 atom stereocenters. The minimum absolute atomic E-state index is 0.0162. The van der Waals surface area contributed by atoms with E-state index in [1.54, 1.807) is 6.07 Å². The van der Waals surface area contributed by atoms with Gasteiger partial charge in [0.1, 0.15) is 17.3 Å². The zero-order valence-corrected chi connectivity index (χ0v) is 18.3. The fourth-order valence-corrected chi connectivity index (χ4v) is 4.65. The van der Waals surface area contributed by atoms with Crippen LogP contribution in [-0.2, 0) is 14.4 Å². The number of ketones is 1. The molecule has 1 saturated heterocycles. The fraction of sp³-hybridized carbons (Fsp3) is 0.217. The molecule has 1 aliphatic rings. The Morgan fingerprint density at radius 2 is 2.06 bits per heavy atom. The van der Waals surface area contributed by atoms with Crippen LogP contribution in [0.2, 0.25) is 0 Å². The van der Waals surface area contributed by atoms with Crippen molar-refractivity contribution in [1.29, 1.82) is 5.26 Å². The fourth-order valence-electron chi connectivity index (χ4n) is 3.55. The minimum atomic E-state index is -0.997. The van der Waals surface area contributed by atoms with E-state index in [4.69, 9.17) is 5.26 Å². The summed E-state index contributed by atoms with van der Waals surface area (Å²) in [5.41, 5.74) is 5.74. The third kappa shape index (κ3) is 4.00. The smallest absolute Gasteiger partial charge is 0.295 e. The van der Waals surface area contributed by atoms with Crippen LogP contribution in [0.5, 0.6) is 0 Å². The van der Waals surface area contributed by atoms with E-state index in [0.29, 0.717) is 16.4 Å². The Bertz CT molecular complexity index is 1290. The Kier molecular flexibility index (Phi) is 5.79. The molecule has 0 saturated carbocycles. The summed E-state index contributed by atoms with van der Waals surface area (Å²) in [5.74, 6) is -2.90. The van der Waals surface area contributed by atoms with E-state index in [9.17, 15) is 14.4 Å². The number of amides is 2. The summed E-state index contributed by atoms with van der Waals surface area (Å²) < 4.78 is 0.882. The third-order valence-electron chi connectivity index (χ3n) is 5.15. The number of nitriles is 1. The molecule has 160 valence electrons. The number of fused-ring (bicyclic) bond motifs is 1. The molecule has 1 fully saturated rings.